The predicted molar refractivity (Wildman–Crippen MR) is 120 cm³/mol. The number of thioether (sulfide) groups is 1. The van der Waals surface area contributed by atoms with E-state index in [9.17, 15) is 4.79 Å². The number of nitrogens with one attached hydrogen (secondary N) is 1. The van der Waals surface area contributed by atoms with Crippen molar-refractivity contribution >= 4 is 17.7 Å². The lowest BCUT2D eigenvalue weighted by Gasteiger charge is -2.25. The van der Waals surface area contributed by atoms with E-state index in [2.05, 4.69) is 34.2 Å². The minimum atomic E-state index is -0.213. The first-order chi connectivity index (χ1) is 14.2. The van der Waals surface area contributed by atoms with Crippen molar-refractivity contribution in [2.24, 2.45) is 0 Å². The summed E-state index contributed by atoms with van der Waals surface area (Å²) in [5, 5.41) is 3.88. The zero-order valence-corrected chi connectivity index (χ0v) is 17.9. The number of hydrogen-bond acceptors (Lipinski definition) is 3. The molecule has 0 spiro atoms. The number of pyridine rings is 1. The minimum absolute atomic E-state index is 0.0354. The zero-order valence-electron chi connectivity index (χ0n) is 17.1. The molecule has 0 fully saturated rings. The second-order valence-electron chi connectivity index (χ2n) is 7.22. The smallest absolute Gasteiger partial charge is 0.234 e. The fourth-order valence-corrected chi connectivity index (χ4v) is 4.53. The normalized spacial score (nSPS) is 14.1. The first-order valence-corrected chi connectivity index (χ1v) is 11.1. The van der Waals surface area contributed by atoms with E-state index in [4.69, 9.17) is 0 Å². The van der Waals surface area contributed by atoms with Crippen molar-refractivity contribution in [3.05, 3.63) is 84.8 Å². The van der Waals surface area contributed by atoms with E-state index in [1.54, 1.807) is 18.0 Å². The molecule has 2 aromatic heterocycles. The van der Waals surface area contributed by atoms with E-state index in [0.717, 1.165) is 29.9 Å². The second kappa shape index (κ2) is 10.9. The van der Waals surface area contributed by atoms with Gasteiger partial charge >= 0.3 is 0 Å². The lowest BCUT2D eigenvalue weighted by Crippen LogP contribution is -2.36. The summed E-state index contributed by atoms with van der Waals surface area (Å²) >= 11 is 1.55. The molecule has 0 aliphatic rings. The van der Waals surface area contributed by atoms with Gasteiger partial charge in [-0.1, -0.05) is 61.5 Å². The molecule has 0 radical (unpaired) electrons. The van der Waals surface area contributed by atoms with Crippen LogP contribution in [-0.4, -0.2) is 20.7 Å². The van der Waals surface area contributed by atoms with Crippen molar-refractivity contribution in [2.75, 3.05) is 0 Å². The molecule has 0 unspecified atom stereocenters. The molecular weight excluding hydrogens is 378 g/mol. The highest BCUT2D eigenvalue weighted by molar-refractivity contribution is 8.00. The van der Waals surface area contributed by atoms with Gasteiger partial charge in [-0.25, -0.2) is 4.98 Å². The summed E-state index contributed by atoms with van der Waals surface area (Å²) < 4.78 is 2.23. The molecule has 0 saturated carbocycles. The van der Waals surface area contributed by atoms with Crippen molar-refractivity contribution < 1.29 is 4.79 Å². The predicted octanol–water partition coefficient (Wildman–Crippen LogP) is 5.65. The van der Waals surface area contributed by atoms with Crippen LogP contribution in [0.1, 0.15) is 50.8 Å². The number of aromatic nitrogens is 2. The van der Waals surface area contributed by atoms with Crippen molar-refractivity contribution in [1.82, 2.24) is 14.9 Å². The fourth-order valence-electron chi connectivity index (χ4n) is 3.46. The van der Waals surface area contributed by atoms with Crippen molar-refractivity contribution in [2.45, 2.75) is 55.5 Å². The highest BCUT2D eigenvalue weighted by Crippen LogP contribution is 2.31. The molecule has 1 N–H and O–H groups in total. The molecule has 3 rings (SSSR count). The minimum Gasteiger partial charge on any atom is -0.351 e. The Morgan fingerprint density at radius 2 is 1.79 bits per heavy atom. The van der Waals surface area contributed by atoms with Gasteiger partial charge < -0.3 is 9.88 Å². The van der Waals surface area contributed by atoms with E-state index < -0.39 is 0 Å². The number of rotatable bonds is 10. The monoisotopic (exact) mass is 407 g/mol. The summed E-state index contributed by atoms with van der Waals surface area (Å²) in [5.41, 5.74) is 1.11. The molecule has 1 amide bonds. The number of nitrogens with zero attached hydrogens (tertiary/aromatic N) is 2. The molecule has 152 valence electrons. The summed E-state index contributed by atoms with van der Waals surface area (Å²) in [6, 6.07) is 20.3. The molecule has 3 aromatic rings. The van der Waals surface area contributed by atoms with E-state index in [1.807, 2.05) is 67.6 Å². The molecule has 2 heterocycles. The van der Waals surface area contributed by atoms with Gasteiger partial charge in [-0.3, -0.25) is 4.79 Å². The molecule has 4 nitrogen and oxygen atoms in total. The van der Waals surface area contributed by atoms with Gasteiger partial charge in [0, 0.05) is 24.6 Å². The molecule has 3 atom stereocenters. The second-order valence-corrected chi connectivity index (χ2v) is 8.45. The molecule has 0 aliphatic heterocycles. The Morgan fingerprint density at radius 3 is 2.45 bits per heavy atom. The molecule has 5 heteroatoms. The third-order valence-corrected chi connectivity index (χ3v) is 6.18. The van der Waals surface area contributed by atoms with Gasteiger partial charge in [0.25, 0.3) is 0 Å². The van der Waals surface area contributed by atoms with Gasteiger partial charge in [0.2, 0.25) is 5.91 Å². The van der Waals surface area contributed by atoms with Crippen LogP contribution in [0.5, 0.6) is 0 Å². The number of carbonyl (C=O) groups excluding carboxylic acids is 1. The Balaban J connectivity index is 1.77. The average molecular weight is 408 g/mol. The van der Waals surface area contributed by atoms with Crippen LogP contribution in [0, 0.1) is 0 Å². The van der Waals surface area contributed by atoms with Gasteiger partial charge in [0.15, 0.2) is 0 Å². The lowest BCUT2D eigenvalue weighted by molar-refractivity contribution is -0.121. The van der Waals surface area contributed by atoms with E-state index in [0.29, 0.717) is 0 Å². The van der Waals surface area contributed by atoms with Crippen molar-refractivity contribution in [1.29, 1.82) is 0 Å². The summed E-state index contributed by atoms with van der Waals surface area (Å²) in [6.07, 6.45) is 8.83. The standard InChI is InChI=1S/C24H29N3OS/c1-3-11-21(27-16-9-10-17-27)18-22(29-23-14-7-8-15-25-23)24(28)26-19(2)20-12-5-4-6-13-20/h4-10,12-17,19,21-22H,3,11,18H2,1-2H3,(H,26,28)/t19-,21+,22-/m0/s1. The number of hydrogen-bond donors (Lipinski definition) is 1. The Labute approximate surface area is 177 Å². The summed E-state index contributed by atoms with van der Waals surface area (Å²) in [4.78, 5) is 17.7. The van der Waals surface area contributed by atoms with Crippen LogP contribution in [0.25, 0.3) is 0 Å². The number of carbonyl (C=O) groups is 1. The topological polar surface area (TPSA) is 46.9 Å². The van der Waals surface area contributed by atoms with E-state index in [-0.39, 0.29) is 23.2 Å². The maximum Gasteiger partial charge on any atom is 0.234 e. The van der Waals surface area contributed by atoms with Crippen LogP contribution in [0.2, 0.25) is 0 Å². The highest BCUT2D eigenvalue weighted by Gasteiger charge is 2.26. The summed E-state index contributed by atoms with van der Waals surface area (Å²) in [5.74, 6) is 0.0604. The fraction of sp³-hybridized carbons (Fsp3) is 0.333. The van der Waals surface area contributed by atoms with Crippen LogP contribution >= 0.6 is 11.8 Å². The molecule has 1 aromatic carbocycles. The molecular formula is C24H29N3OS. The SMILES string of the molecule is CCC[C@H](C[C@H](Sc1ccccn1)C(=O)N[C@@H](C)c1ccccc1)n1cccc1. The van der Waals surface area contributed by atoms with E-state index in [1.165, 1.54) is 0 Å². The third-order valence-electron chi connectivity index (χ3n) is 5.01. The van der Waals surface area contributed by atoms with Crippen LogP contribution in [0.4, 0.5) is 0 Å². The first kappa shape index (κ1) is 21.2. The molecule has 0 bridgehead atoms. The van der Waals surface area contributed by atoms with Crippen molar-refractivity contribution in [3.8, 4) is 0 Å². The largest absolute Gasteiger partial charge is 0.351 e. The first-order valence-electron chi connectivity index (χ1n) is 10.2. The summed E-state index contributed by atoms with van der Waals surface area (Å²) in [7, 11) is 0. The van der Waals surface area contributed by atoms with Gasteiger partial charge in [-0.2, -0.15) is 0 Å². The highest BCUT2D eigenvalue weighted by atomic mass is 32.2. The van der Waals surface area contributed by atoms with Crippen LogP contribution in [0.15, 0.2) is 84.3 Å². The van der Waals surface area contributed by atoms with Gasteiger partial charge in [-0.05, 0) is 49.6 Å². The lowest BCUT2D eigenvalue weighted by atomic mass is 10.0. The summed E-state index contributed by atoms with van der Waals surface area (Å²) in [6.45, 7) is 4.22. The molecule has 0 aliphatic carbocycles. The maximum atomic E-state index is 13.3. The van der Waals surface area contributed by atoms with Gasteiger partial charge in [0.05, 0.1) is 16.3 Å². The quantitative estimate of drug-likeness (QED) is 0.442. The van der Waals surface area contributed by atoms with Crippen LogP contribution in [-0.2, 0) is 4.79 Å². The number of benzene rings is 1. The Morgan fingerprint density at radius 1 is 1.07 bits per heavy atom. The molecule has 0 saturated heterocycles. The average Bonchev–Trinajstić information content (AvgIpc) is 3.29. The Hall–Kier alpha value is -2.53. The molecule has 29 heavy (non-hydrogen) atoms. The third kappa shape index (κ3) is 6.23. The van der Waals surface area contributed by atoms with Crippen LogP contribution in [0.3, 0.4) is 0 Å². The maximum absolute atomic E-state index is 13.3. The number of amides is 1. The van der Waals surface area contributed by atoms with Gasteiger partial charge in [-0.15, -0.1) is 0 Å². The van der Waals surface area contributed by atoms with Crippen LogP contribution < -0.4 is 5.32 Å². The Bertz CT molecular complexity index is 852. The van der Waals surface area contributed by atoms with Crippen molar-refractivity contribution in [3.63, 3.8) is 0 Å². The van der Waals surface area contributed by atoms with E-state index >= 15 is 0 Å². The Kier molecular flexibility index (Phi) is 7.94. The van der Waals surface area contributed by atoms with Gasteiger partial charge in [0.1, 0.15) is 0 Å². The zero-order chi connectivity index (χ0) is 20.5.